The summed E-state index contributed by atoms with van der Waals surface area (Å²) in [7, 11) is 0. The van der Waals surface area contributed by atoms with Gasteiger partial charge in [0.05, 0.1) is 12.0 Å². The minimum atomic E-state index is -0.789. The number of amides is 1. The van der Waals surface area contributed by atoms with E-state index in [1.165, 1.54) is 0 Å². The molecule has 3 atom stereocenters. The minimum absolute atomic E-state index is 0.0775. The first kappa shape index (κ1) is 11.4. The van der Waals surface area contributed by atoms with E-state index < -0.39 is 5.97 Å². The lowest BCUT2D eigenvalue weighted by Gasteiger charge is -2.22. The van der Waals surface area contributed by atoms with Crippen LogP contribution >= 0.6 is 0 Å². The monoisotopic (exact) mass is 226 g/mol. The largest absolute Gasteiger partial charge is 0.481 e. The molecule has 2 fully saturated rings. The van der Waals surface area contributed by atoms with Crippen molar-refractivity contribution in [1.82, 2.24) is 10.2 Å². The number of aliphatic carboxylic acids is 1. The molecule has 1 amide bonds. The Labute approximate surface area is 94.8 Å². The fourth-order valence-corrected chi connectivity index (χ4v) is 2.52. The number of carboxylic acid groups (broad SMARTS) is 1. The second kappa shape index (κ2) is 4.41. The smallest absolute Gasteiger partial charge is 0.308 e. The highest BCUT2D eigenvalue weighted by Gasteiger charge is 2.37. The van der Waals surface area contributed by atoms with Crippen molar-refractivity contribution in [3.05, 3.63) is 0 Å². The summed E-state index contributed by atoms with van der Waals surface area (Å²) >= 11 is 0. The molecule has 0 aliphatic carbocycles. The Balaban J connectivity index is 1.94. The quantitative estimate of drug-likeness (QED) is 0.691. The Morgan fingerprint density at radius 2 is 2.12 bits per heavy atom. The molecule has 0 radical (unpaired) electrons. The van der Waals surface area contributed by atoms with Crippen molar-refractivity contribution in [3.8, 4) is 0 Å². The lowest BCUT2D eigenvalue weighted by molar-refractivity contribution is -0.141. The van der Waals surface area contributed by atoms with Crippen molar-refractivity contribution in [2.75, 3.05) is 19.6 Å². The van der Waals surface area contributed by atoms with E-state index in [2.05, 4.69) is 12.2 Å². The predicted molar refractivity (Wildman–Crippen MR) is 57.9 cm³/mol. The topological polar surface area (TPSA) is 69.6 Å². The Morgan fingerprint density at radius 1 is 1.38 bits per heavy atom. The van der Waals surface area contributed by atoms with E-state index in [9.17, 15) is 9.59 Å². The van der Waals surface area contributed by atoms with Crippen LogP contribution in [0.25, 0.3) is 0 Å². The first-order chi connectivity index (χ1) is 7.59. The summed E-state index contributed by atoms with van der Waals surface area (Å²) in [6, 6.07) is -0.104. The first-order valence-corrected chi connectivity index (χ1v) is 5.84. The zero-order valence-corrected chi connectivity index (χ0v) is 9.48. The molecule has 2 aliphatic rings. The number of hydrogen-bond donors (Lipinski definition) is 2. The molecule has 16 heavy (non-hydrogen) atoms. The van der Waals surface area contributed by atoms with E-state index in [0.717, 1.165) is 13.0 Å². The van der Waals surface area contributed by atoms with Crippen molar-refractivity contribution in [2.24, 2.45) is 11.8 Å². The Hall–Kier alpha value is -1.10. The number of carbonyl (C=O) groups is 2. The van der Waals surface area contributed by atoms with Crippen LogP contribution in [-0.4, -0.2) is 47.6 Å². The molecular weight excluding hydrogens is 208 g/mol. The molecule has 0 spiro atoms. The van der Waals surface area contributed by atoms with E-state index in [-0.39, 0.29) is 17.9 Å². The second-order valence-corrected chi connectivity index (χ2v) is 4.81. The molecule has 0 aromatic rings. The SMILES string of the molecule is CC1CCNC1C(=O)N1CCC(C(=O)O)C1. The van der Waals surface area contributed by atoms with Gasteiger partial charge in [-0.2, -0.15) is 0 Å². The molecule has 0 saturated carbocycles. The predicted octanol–water partition coefficient (Wildman–Crippen LogP) is -0.0825. The average Bonchev–Trinajstić information content (AvgIpc) is 2.84. The molecule has 0 aromatic carbocycles. The van der Waals surface area contributed by atoms with Gasteiger partial charge in [0, 0.05) is 13.1 Å². The van der Waals surface area contributed by atoms with E-state index in [1.807, 2.05) is 0 Å². The van der Waals surface area contributed by atoms with Crippen LogP contribution in [0.1, 0.15) is 19.8 Å². The summed E-state index contributed by atoms with van der Waals surface area (Å²) < 4.78 is 0. The van der Waals surface area contributed by atoms with Crippen molar-refractivity contribution in [1.29, 1.82) is 0 Å². The van der Waals surface area contributed by atoms with Gasteiger partial charge in [-0.05, 0) is 25.3 Å². The van der Waals surface area contributed by atoms with Gasteiger partial charge >= 0.3 is 5.97 Å². The molecule has 2 N–H and O–H groups in total. The van der Waals surface area contributed by atoms with Crippen molar-refractivity contribution < 1.29 is 14.7 Å². The summed E-state index contributed by atoms with van der Waals surface area (Å²) in [5.74, 6) is -0.728. The van der Waals surface area contributed by atoms with Gasteiger partial charge in [-0.1, -0.05) is 6.92 Å². The Bertz CT molecular complexity index is 306. The summed E-state index contributed by atoms with van der Waals surface area (Å²) in [6.07, 6.45) is 1.61. The molecule has 0 aromatic heterocycles. The summed E-state index contributed by atoms with van der Waals surface area (Å²) in [5, 5.41) is 12.1. The maximum atomic E-state index is 12.1. The molecule has 3 unspecified atom stereocenters. The van der Waals surface area contributed by atoms with E-state index in [0.29, 0.717) is 25.4 Å². The highest BCUT2D eigenvalue weighted by atomic mass is 16.4. The Kier molecular flexibility index (Phi) is 3.14. The van der Waals surface area contributed by atoms with Gasteiger partial charge < -0.3 is 15.3 Å². The minimum Gasteiger partial charge on any atom is -0.481 e. The number of rotatable bonds is 2. The molecule has 0 bridgehead atoms. The van der Waals surface area contributed by atoms with Gasteiger partial charge in [0.25, 0.3) is 0 Å². The number of hydrogen-bond acceptors (Lipinski definition) is 3. The van der Waals surface area contributed by atoms with Gasteiger partial charge in [-0.25, -0.2) is 0 Å². The molecule has 2 saturated heterocycles. The van der Waals surface area contributed by atoms with Crippen LogP contribution in [0.2, 0.25) is 0 Å². The van der Waals surface area contributed by atoms with Crippen LogP contribution in [0, 0.1) is 11.8 Å². The highest BCUT2D eigenvalue weighted by molar-refractivity contribution is 5.84. The van der Waals surface area contributed by atoms with E-state index in [1.54, 1.807) is 4.90 Å². The normalized spacial score (nSPS) is 34.3. The molecule has 2 aliphatic heterocycles. The van der Waals surface area contributed by atoms with Crippen LogP contribution in [0.15, 0.2) is 0 Å². The van der Waals surface area contributed by atoms with Gasteiger partial charge in [0.2, 0.25) is 5.91 Å². The maximum Gasteiger partial charge on any atom is 0.308 e. The molecular formula is C11H18N2O3. The van der Waals surface area contributed by atoms with Gasteiger partial charge in [0.15, 0.2) is 0 Å². The molecule has 5 nitrogen and oxygen atoms in total. The zero-order chi connectivity index (χ0) is 11.7. The van der Waals surface area contributed by atoms with Crippen molar-refractivity contribution in [2.45, 2.75) is 25.8 Å². The third-order valence-electron chi connectivity index (χ3n) is 3.65. The van der Waals surface area contributed by atoms with Crippen LogP contribution < -0.4 is 5.32 Å². The second-order valence-electron chi connectivity index (χ2n) is 4.81. The van der Waals surface area contributed by atoms with Crippen LogP contribution in [0.5, 0.6) is 0 Å². The number of carbonyl (C=O) groups excluding carboxylic acids is 1. The van der Waals surface area contributed by atoms with Crippen LogP contribution in [0.4, 0.5) is 0 Å². The average molecular weight is 226 g/mol. The molecule has 5 heteroatoms. The number of carboxylic acids is 1. The fourth-order valence-electron chi connectivity index (χ4n) is 2.52. The molecule has 90 valence electrons. The van der Waals surface area contributed by atoms with Crippen molar-refractivity contribution >= 4 is 11.9 Å². The third kappa shape index (κ3) is 2.04. The number of nitrogens with zero attached hydrogens (tertiary/aromatic N) is 1. The lowest BCUT2D eigenvalue weighted by atomic mass is 10.0. The molecule has 2 rings (SSSR count). The molecule has 2 heterocycles. The third-order valence-corrected chi connectivity index (χ3v) is 3.65. The van der Waals surface area contributed by atoms with Crippen LogP contribution in [-0.2, 0) is 9.59 Å². The summed E-state index contributed by atoms with van der Waals surface area (Å²) in [6.45, 7) is 3.90. The van der Waals surface area contributed by atoms with Gasteiger partial charge in [0.1, 0.15) is 0 Å². The standard InChI is InChI=1S/C11H18N2O3/c1-7-2-4-12-9(7)10(14)13-5-3-8(6-13)11(15)16/h7-9,12H,2-6H2,1H3,(H,15,16). The van der Waals surface area contributed by atoms with E-state index >= 15 is 0 Å². The highest BCUT2D eigenvalue weighted by Crippen LogP contribution is 2.21. The fraction of sp³-hybridized carbons (Fsp3) is 0.818. The first-order valence-electron chi connectivity index (χ1n) is 5.84. The number of likely N-dealkylation sites (tertiary alicyclic amines) is 1. The number of nitrogens with one attached hydrogen (secondary N) is 1. The van der Waals surface area contributed by atoms with E-state index in [4.69, 9.17) is 5.11 Å². The zero-order valence-electron chi connectivity index (χ0n) is 9.48. The van der Waals surface area contributed by atoms with Crippen molar-refractivity contribution in [3.63, 3.8) is 0 Å². The summed E-state index contributed by atoms with van der Waals surface area (Å²) in [5.41, 5.74) is 0. The Morgan fingerprint density at radius 3 is 2.62 bits per heavy atom. The maximum absolute atomic E-state index is 12.1. The summed E-state index contributed by atoms with van der Waals surface area (Å²) in [4.78, 5) is 24.6. The van der Waals surface area contributed by atoms with Gasteiger partial charge in [-0.3, -0.25) is 9.59 Å². The van der Waals surface area contributed by atoms with Gasteiger partial charge in [-0.15, -0.1) is 0 Å². The van der Waals surface area contributed by atoms with Crippen LogP contribution in [0.3, 0.4) is 0 Å². The lowest BCUT2D eigenvalue weighted by Crippen LogP contribution is -2.45.